The maximum absolute atomic E-state index is 10.7. The van der Waals surface area contributed by atoms with Crippen LogP contribution in [0.4, 0.5) is 0 Å². The third-order valence-corrected chi connectivity index (χ3v) is 2.22. The summed E-state index contributed by atoms with van der Waals surface area (Å²) in [6, 6.07) is 4.78. The van der Waals surface area contributed by atoms with Crippen molar-refractivity contribution >= 4 is 5.91 Å². The van der Waals surface area contributed by atoms with Crippen LogP contribution in [0.15, 0.2) is 18.2 Å². The first-order valence-corrected chi connectivity index (χ1v) is 5.22. The zero-order chi connectivity index (χ0) is 12.8. The summed E-state index contributed by atoms with van der Waals surface area (Å²) in [5, 5.41) is 30.7. The molecular weight excluding hydrogens is 224 g/mol. The highest BCUT2D eigenvalue weighted by Crippen LogP contribution is 2.14. The number of hydrogen-bond acceptors (Lipinski definition) is 5. The number of amides is 1. The van der Waals surface area contributed by atoms with E-state index in [0.717, 1.165) is 0 Å². The number of hydrogen-bond donors (Lipinski definition) is 4. The van der Waals surface area contributed by atoms with E-state index < -0.39 is 12.2 Å². The predicted molar refractivity (Wildman–Crippen MR) is 59.8 cm³/mol. The molecule has 0 aliphatic rings. The van der Waals surface area contributed by atoms with Gasteiger partial charge >= 0.3 is 0 Å². The van der Waals surface area contributed by atoms with Crippen molar-refractivity contribution in [2.45, 2.75) is 25.7 Å². The van der Waals surface area contributed by atoms with Gasteiger partial charge in [-0.05, 0) is 12.1 Å². The molecule has 1 aromatic rings. The van der Waals surface area contributed by atoms with Crippen molar-refractivity contribution < 1.29 is 20.1 Å². The van der Waals surface area contributed by atoms with Gasteiger partial charge in [-0.1, -0.05) is 6.07 Å². The van der Waals surface area contributed by atoms with Crippen molar-refractivity contribution in [1.29, 1.82) is 0 Å². The molecule has 0 aliphatic carbocycles. The molecular formula is C11H16N2O4. The standard InChI is InChI=1S/C11H16N2O4/c1-7(15)12-5-10(16)11(17)9-4-2-3-8(6-14)13-9/h2-4,10-11,14,16-17H,5-6H2,1H3,(H,12,15). The topological polar surface area (TPSA) is 103 Å². The lowest BCUT2D eigenvalue weighted by molar-refractivity contribution is -0.119. The fraction of sp³-hybridized carbons (Fsp3) is 0.455. The predicted octanol–water partition coefficient (Wildman–Crippen LogP) is -0.896. The van der Waals surface area contributed by atoms with Gasteiger partial charge in [-0.2, -0.15) is 0 Å². The number of nitrogens with one attached hydrogen (secondary N) is 1. The molecule has 2 atom stereocenters. The summed E-state index contributed by atoms with van der Waals surface area (Å²) in [5.41, 5.74) is 0.669. The van der Waals surface area contributed by atoms with Crippen molar-refractivity contribution in [1.82, 2.24) is 10.3 Å². The SMILES string of the molecule is CC(=O)NCC(O)C(O)c1cccc(CO)n1. The van der Waals surface area contributed by atoms with Crippen LogP contribution >= 0.6 is 0 Å². The summed E-state index contributed by atoms with van der Waals surface area (Å²) in [6.45, 7) is 1.04. The Morgan fingerprint density at radius 2 is 2.18 bits per heavy atom. The summed E-state index contributed by atoms with van der Waals surface area (Å²) in [7, 11) is 0. The van der Waals surface area contributed by atoms with Crippen molar-refractivity contribution in [2.75, 3.05) is 6.54 Å². The number of pyridine rings is 1. The Morgan fingerprint density at radius 1 is 1.47 bits per heavy atom. The number of carbonyl (C=O) groups is 1. The Morgan fingerprint density at radius 3 is 2.76 bits per heavy atom. The molecule has 0 aliphatic heterocycles. The van der Waals surface area contributed by atoms with Crippen LogP contribution in [-0.2, 0) is 11.4 Å². The molecule has 4 N–H and O–H groups in total. The zero-order valence-electron chi connectivity index (χ0n) is 9.50. The van der Waals surface area contributed by atoms with Crippen molar-refractivity contribution in [3.63, 3.8) is 0 Å². The molecule has 1 rings (SSSR count). The Kier molecular flexibility index (Phi) is 5.02. The average Bonchev–Trinajstić information content (AvgIpc) is 2.35. The van der Waals surface area contributed by atoms with Crippen LogP contribution < -0.4 is 5.32 Å². The van der Waals surface area contributed by atoms with E-state index in [4.69, 9.17) is 5.11 Å². The highest BCUT2D eigenvalue weighted by atomic mass is 16.3. The third kappa shape index (κ3) is 4.10. The molecule has 1 heterocycles. The summed E-state index contributed by atoms with van der Waals surface area (Å²) in [4.78, 5) is 14.6. The second-order valence-electron chi connectivity index (χ2n) is 3.66. The van der Waals surface area contributed by atoms with Crippen molar-refractivity contribution in [3.05, 3.63) is 29.6 Å². The lowest BCUT2D eigenvalue weighted by Gasteiger charge is -2.17. The summed E-state index contributed by atoms with van der Waals surface area (Å²) in [5.74, 6) is -0.284. The molecule has 0 fully saturated rings. The van der Waals surface area contributed by atoms with Crippen molar-refractivity contribution in [3.8, 4) is 0 Å². The minimum absolute atomic E-state index is 0.0540. The Balaban J connectivity index is 2.66. The van der Waals surface area contributed by atoms with E-state index in [1.807, 2.05) is 0 Å². The molecule has 0 saturated heterocycles. The number of aromatic nitrogens is 1. The largest absolute Gasteiger partial charge is 0.390 e. The van der Waals surface area contributed by atoms with Gasteiger partial charge in [-0.25, -0.2) is 0 Å². The maximum atomic E-state index is 10.7. The maximum Gasteiger partial charge on any atom is 0.216 e. The van der Waals surface area contributed by atoms with E-state index in [1.54, 1.807) is 18.2 Å². The molecule has 0 saturated carbocycles. The molecule has 6 heteroatoms. The first kappa shape index (κ1) is 13.6. The third-order valence-electron chi connectivity index (χ3n) is 2.22. The van der Waals surface area contributed by atoms with Gasteiger partial charge < -0.3 is 20.6 Å². The Bertz CT molecular complexity index is 383. The molecule has 6 nitrogen and oxygen atoms in total. The molecule has 2 unspecified atom stereocenters. The molecule has 0 bridgehead atoms. The van der Waals surface area contributed by atoms with Crippen LogP contribution in [0, 0.1) is 0 Å². The van der Waals surface area contributed by atoms with Gasteiger partial charge in [0.25, 0.3) is 0 Å². The van der Waals surface area contributed by atoms with Crippen LogP contribution in [-0.4, -0.2) is 38.9 Å². The smallest absolute Gasteiger partial charge is 0.216 e. The first-order valence-electron chi connectivity index (χ1n) is 5.22. The van der Waals surface area contributed by atoms with Crippen LogP contribution in [0.25, 0.3) is 0 Å². The van der Waals surface area contributed by atoms with Gasteiger partial charge in [0.1, 0.15) is 12.2 Å². The van der Waals surface area contributed by atoms with Gasteiger partial charge in [0.15, 0.2) is 0 Å². The first-order chi connectivity index (χ1) is 8.04. The van der Waals surface area contributed by atoms with E-state index in [1.165, 1.54) is 6.92 Å². The number of aliphatic hydroxyl groups excluding tert-OH is 3. The van der Waals surface area contributed by atoms with E-state index in [2.05, 4.69) is 10.3 Å². The minimum Gasteiger partial charge on any atom is -0.390 e. The lowest BCUT2D eigenvalue weighted by atomic mass is 10.1. The monoisotopic (exact) mass is 240 g/mol. The Labute approximate surface area is 98.9 Å². The van der Waals surface area contributed by atoms with Crippen LogP contribution in [0.5, 0.6) is 0 Å². The molecule has 17 heavy (non-hydrogen) atoms. The van der Waals surface area contributed by atoms with Gasteiger partial charge in [0, 0.05) is 13.5 Å². The van der Waals surface area contributed by atoms with E-state index in [9.17, 15) is 15.0 Å². The normalized spacial score (nSPS) is 14.1. The fourth-order valence-electron chi connectivity index (χ4n) is 1.31. The van der Waals surface area contributed by atoms with Gasteiger partial charge in [0.05, 0.1) is 18.0 Å². The zero-order valence-corrected chi connectivity index (χ0v) is 9.50. The van der Waals surface area contributed by atoms with E-state index in [0.29, 0.717) is 5.69 Å². The molecule has 0 spiro atoms. The minimum atomic E-state index is -1.20. The summed E-state index contributed by atoms with van der Waals surface area (Å²) < 4.78 is 0. The second-order valence-corrected chi connectivity index (χ2v) is 3.66. The number of aliphatic hydroxyl groups is 3. The molecule has 1 aromatic heterocycles. The highest BCUT2D eigenvalue weighted by Gasteiger charge is 2.19. The van der Waals surface area contributed by atoms with E-state index >= 15 is 0 Å². The molecule has 94 valence electrons. The number of carbonyl (C=O) groups excluding carboxylic acids is 1. The highest BCUT2D eigenvalue weighted by molar-refractivity contribution is 5.72. The average molecular weight is 240 g/mol. The van der Waals surface area contributed by atoms with Crippen LogP contribution in [0.1, 0.15) is 24.4 Å². The van der Waals surface area contributed by atoms with Crippen LogP contribution in [0.3, 0.4) is 0 Å². The quantitative estimate of drug-likeness (QED) is 0.534. The van der Waals surface area contributed by atoms with Crippen LogP contribution in [0.2, 0.25) is 0 Å². The summed E-state index contributed by atoms with van der Waals surface area (Å²) >= 11 is 0. The van der Waals surface area contributed by atoms with Crippen molar-refractivity contribution in [2.24, 2.45) is 0 Å². The van der Waals surface area contributed by atoms with Gasteiger partial charge in [0.2, 0.25) is 5.91 Å². The number of rotatable bonds is 5. The lowest BCUT2D eigenvalue weighted by Crippen LogP contribution is -2.34. The Hall–Kier alpha value is -1.50. The molecule has 0 radical (unpaired) electrons. The fourth-order valence-corrected chi connectivity index (χ4v) is 1.31. The number of nitrogens with zero attached hydrogens (tertiary/aromatic N) is 1. The summed E-state index contributed by atoms with van der Waals surface area (Å²) in [6.07, 6.45) is -2.34. The van der Waals surface area contributed by atoms with Gasteiger partial charge in [-0.15, -0.1) is 0 Å². The second kappa shape index (κ2) is 6.29. The molecule has 0 aromatic carbocycles. The van der Waals surface area contributed by atoms with E-state index in [-0.39, 0.29) is 24.8 Å². The van der Waals surface area contributed by atoms with Gasteiger partial charge in [-0.3, -0.25) is 9.78 Å². The molecule has 1 amide bonds.